The van der Waals surface area contributed by atoms with Crippen LogP contribution in [0.1, 0.15) is 37.3 Å². The van der Waals surface area contributed by atoms with Gasteiger partial charge in [-0.05, 0) is 80.9 Å². The van der Waals surface area contributed by atoms with Crippen LogP contribution in [0.3, 0.4) is 0 Å². The molecule has 2 aromatic rings. The second kappa shape index (κ2) is 7.89. The molecule has 2 aliphatic heterocycles. The first-order chi connectivity index (χ1) is 13.1. The molecule has 0 aliphatic carbocycles. The molecule has 2 aliphatic rings. The molecule has 4 rings (SSSR count). The first-order valence-corrected chi connectivity index (χ1v) is 10.4. The summed E-state index contributed by atoms with van der Waals surface area (Å²) in [6.45, 7) is 10.2. The molecule has 2 fully saturated rings. The lowest BCUT2D eigenvalue weighted by Crippen LogP contribution is -2.29. The Balaban J connectivity index is 1.47. The Morgan fingerprint density at radius 3 is 2.56 bits per heavy atom. The molecule has 1 atom stereocenters. The summed E-state index contributed by atoms with van der Waals surface area (Å²) in [5.41, 5.74) is 5.36. The molecule has 0 bridgehead atoms. The van der Waals surface area contributed by atoms with Gasteiger partial charge in [-0.2, -0.15) is 0 Å². The van der Waals surface area contributed by atoms with E-state index in [1.165, 1.54) is 50.1 Å². The lowest BCUT2D eigenvalue weighted by molar-refractivity contribution is 0.289. The number of H-pyrrole nitrogens is 1. The Hall–Kier alpha value is -2.07. The van der Waals surface area contributed by atoms with E-state index in [0.717, 1.165) is 42.2 Å². The van der Waals surface area contributed by atoms with Crippen LogP contribution in [0.2, 0.25) is 0 Å². The van der Waals surface area contributed by atoms with E-state index in [1.54, 1.807) is 0 Å². The van der Waals surface area contributed by atoms with Gasteiger partial charge in [-0.15, -0.1) is 0 Å². The molecule has 1 unspecified atom stereocenters. The van der Waals surface area contributed by atoms with Crippen molar-refractivity contribution in [1.29, 1.82) is 0 Å². The van der Waals surface area contributed by atoms with Gasteiger partial charge in [-0.1, -0.05) is 19.1 Å². The second-order valence-electron chi connectivity index (χ2n) is 8.19. The van der Waals surface area contributed by atoms with Crippen molar-refractivity contribution in [3.05, 3.63) is 51.8 Å². The van der Waals surface area contributed by atoms with Crippen molar-refractivity contribution >= 4 is 5.69 Å². The number of pyridine rings is 1. The number of aryl methyl sites for hydroxylation is 2. The highest BCUT2D eigenvalue weighted by molar-refractivity contribution is 5.66. The second-order valence-corrected chi connectivity index (χ2v) is 8.19. The smallest absolute Gasteiger partial charge is 0.251 e. The van der Waals surface area contributed by atoms with Crippen molar-refractivity contribution in [1.82, 2.24) is 9.88 Å². The molecule has 0 amide bonds. The molecular formula is C23H31N3O. The SMILES string of the molecule is CCc1cc(C)c(=O)[nH]c1-c1ccc(N2CCC(CN3CCCC3)C2)cc1. The minimum absolute atomic E-state index is 0.00979. The van der Waals surface area contributed by atoms with E-state index < -0.39 is 0 Å². The van der Waals surface area contributed by atoms with Gasteiger partial charge in [0.15, 0.2) is 0 Å². The molecular weight excluding hydrogens is 334 g/mol. The van der Waals surface area contributed by atoms with E-state index >= 15 is 0 Å². The van der Waals surface area contributed by atoms with Gasteiger partial charge >= 0.3 is 0 Å². The average Bonchev–Trinajstić information content (AvgIpc) is 3.36. The molecule has 2 saturated heterocycles. The summed E-state index contributed by atoms with van der Waals surface area (Å²) < 4.78 is 0. The fourth-order valence-electron chi connectivity index (χ4n) is 4.61. The maximum Gasteiger partial charge on any atom is 0.251 e. The summed E-state index contributed by atoms with van der Waals surface area (Å²) in [6.07, 6.45) is 4.96. The zero-order valence-electron chi connectivity index (χ0n) is 16.6. The van der Waals surface area contributed by atoms with Crippen LogP contribution in [0, 0.1) is 12.8 Å². The van der Waals surface area contributed by atoms with Crippen LogP contribution in [-0.2, 0) is 6.42 Å². The fourth-order valence-corrected chi connectivity index (χ4v) is 4.61. The number of hydrogen-bond acceptors (Lipinski definition) is 3. The Morgan fingerprint density at radius 1 is 1.11 bits per heavy atom. The third-order valence-corrected chi connectivity index (χ3v) is 6.21. The van der Waals surface area contributed by atoms with Gasteiger partial charge < -0.3 is 14.8 Å². The van der Waals surface area contributed by atoms with Crippen molar-refractivity contribution in [3.8, 4) is 11.3 Å². The van der Waals surface area contributed by atoms with E-state index in [9.17, 15) is 4.79 Å². The number of aromatic nitrogens is 1. The number of hydrogen-bond donors (Lipinski definition) is 1. The van der Waals surface area contributed by atoms with E-state index in [0.29, 0.717) is 0 Å². The lowest BCUT2D eigenvalue weighted by atomic mass is 10.0. The van der Waals surface area contributed by atoms with Gasteiger partial charge in [0.25, 0.3) is 5.56 Å². The zero-order chi connectivity index (χ0) is 18.8. The Labute approximate surface area is 162 Å². The quantitative estimate of drug-likeness (QED) is 0.875. The van der Waals surface area contributed by atoms with Gasteiger partial charge in [0.05, 0.1) is 5.69 Å². The number of anilines is 1. The van der Waals surface area contributed by atoms with Crippen molar-refractivity contribution in [2.45, 2.75) is 39.5 Å². The van der Waals surface area contributed by atoms with Gasteiger partial charge in [0, 0.05) is 30.9 Å². The maximum atomic E-state index is 12.1. The fraction of sp³-hybridized carbons (Fsp3) is 0.522. The summed E-state index contributed by atoms with van der Waals surface area (Å²) in [5, 5.41) is 0. The first-order valence-electron chi connectivity index (χ1n) is 10.4. The molecule has 144 valence electrons. The van der Waals surface area contributed by atoms with E-state index in [1.807, 2.05) is 13.0 Å². The van der Waals surface area contributed by atoms with Gasteiger partial charge in [0.2, 0.25) is 0 Å². The van der Waals surface area contributed by atoms with Crippen LogP contribution < -0.4 is 10.5 Å². The minimum atomic E-state index is 0.00979. The molecule has 1 aromatic carbocycles. The van der Waals surface area contributed by atoms with Crippen molar-refractivity contribution in [2.24, 2.45) is 5.92 Å². The number of rotatable bonds is 5. The summed E-state index contributed by atoms with van der Waals surface area (Å²) in [7, 11) is 0. The molecule has 27 heavy (non-hydrogen) atoms. The number of nitrogens with zero attached hydrogens (tertiary/aromatic N) is 2. The van der Waals surface area contributed by atoms with Crippen LogP contribution in [0.15, 0.2) is 35.1 Å². The van der Waals surface area contributed by atoms with Crippen molar-refractivity contribution < 1.29 is 0 Å². The lowest BCUT2D eigenvalue weighted by Gasteiger charge is -2.22. The van der Waals surface area contributed by atoms with E-state index in [4.69, 9.17) is 0 Å². The molecule has 1 N–H and O–H groups in total. The highest BCUT2D eigenvalue weighted by atomic mass is 16.1. The summed E-state index contributed by atoms with van der Waals surface area (Å²) in [5.74, 6) is 0.794. The van der Waals surface area contributed by atoms with Gasteiger partial charge in [-0.3, -0.25) is 4.79 Å². The number of likely N-dealkylation sites (tertiary alicyclic amines) is 1. The highest BCUT2D eigenvalue weighted by Crippen LogP contribution is 2.28. The predicted octanol–water partition coefficient (Wildman–Crippen LogP) is 3.83. The van der Waals surface area contributed by atoms with Crippen molar-refractivity contribution in [3.63, 3.8) is 0 Å². The third-order valence-electron chi connectivity index (χ3n) is 6.21. The molecule has 0 saturated carbocycles. The largest absolute Gasteiger partial charge is 0.371 e. The van der Waals surface area contributed by atoms with Crippen LogP contribution in [0.4, 0.5) is 5.69 Å². The molecule has 3 heterocycles. The topological polar surface area (TPSA) is 39.3 Å². The monoisotopic (exact) mass is 365 g/mol. The van der Waals surface area contributed by atoms with Crippen LogP contribution in [0.25, 0.3) is 11.3 Å². The molecule has 1 aromatic heterocycles. The van der Waals surface area contributed by atoms with Gasteiger partial charge in [-0.25, -0.2) is 0 Å². The average molecular weight is 366 g/mol. The Kier molecular flexibility index (Phi) is 5.35. The number of nitrogens with one attached hydrogen (secondary N) is 1. The molecule has 0 spiro atoms. The highest BCUT2D eigenvalue weighted by Gasteiger charge is 2.25. The van der Waals surface area contributed by atoms with Crippen molar-refractivity contribution in [2.75, 3.05) is 37.6 Å². The van der Waals surface area contributed by atoms with Crippen LogP contribution >= 0.6 is 0 Å². The van der Waals surface area contributed by atoms with E-state index in [2.05, 4.69) is 46.0 Å². The first kappa shape index (κ1) is 18.3. The molecule has 4 heteroatoms. The predicted molar refractivity (Wildman–Crippen MR) is 113 cm³/mol. The maximum absolute atomic E-state index is 12.1. The summed E-state index contributed by atoms with van der Waals surface area (Å²) in [4.78, 5) is 20.3. The minimum Gasteiger partial charge on any atom is -0.371 e. The zero-order valence-corrected chi connectivity index (χ0v) is 16.6. The summed E-state index contributed by atoms with van der Waals surface area (Å²) >= 11 is 0. The van der Waals surface area contributed by atoms with Crippen LogP contribution in [-0.4, -0.2) is 42.6 Å². The summed E-state index contributed by atoms with van der Waals surface area (Å²) in [6, 6.07) is 10.8. The van der Waals surface area contributed by atoms with Crippen LogP contribution in [0.5, 0.6) is 0 Å². The Bertz CT molecular complexity index is 834. The number of aromatic amines is 1. The molecule has 0 radical (unpaired) electrons. The molecule has 4 nitrogen and oxygen atoms in total. The van der Waals surface area contributed by atoms with Gasteiger partial charge in [0.1, 0.15) is 0 Å². The normalized spacial score (nSPS) is 20.5. The van der Waals surface area contributed by atoms with E-state index in [-0.39, 0.29) is 5.56 Å². The number of benzene rings is 1. The standard InChI is InChI=1S/C23H31N3O/c1-3-19-14-17(2)23(27)24-22(19)20-6-8-21(9-7-20)26-13-10-18(16-26)15-25-11-4-5-12-25/h6-9,14,18H,3-5,10-13,15-16H2,1-2H3,(H,24,27). The third kappa shape index (κ3) is 3.96. The Morgan fingerprint density at radius 2 is 1.85 bits per heavy atom.